The van der Waals surface area contributed by atoms with Crippen LogP contribution in [0.3, 0.4) is 0 Å². The molecule has 1 aromatic heterocycles. The highest BCUT2D eigenvalue weighted by molar-refractivity contribution is 7.89. The zero-order valence-electron chi connectivity index (χ0n) is 17.2. The van der Waals surface area contributed by atoms with Gasteiger partial charge in [0.25, 0.3) is 5.91 Å². The number of morpholine rings is 1. The van der Waals surface area contributed by atoms with Crippen LogP contribution in [0.4, 0.5) is 0 Å². The van der Waals surface area contributed by atoms with Gasteiger partial charge in [-0.1, -0.05) is 5.16 Å². The van der Waals surface area contributed by atoms with Gasteiger partial charge >= 0.3 is 0 Å². The quantitative estimate of drug-likeness (QED) is 0.675. The number of sulfonamides is 1. The molecule has 9 nitrogen and oxygen atoms in total. The normalized spacial score (nSPS) is 30.5. The van der Waals surface area contributed by atoms with E-state index in [1.54, 1.807) is 10.4 Å². The molecule has 4 aliphatic rings. The maximum atomic E-state index is 13.1. The highest BCUT2D eigenvalue weighted by atomic mass is 32.2. The molecule has 1 unspecified atom stereocenters. The molecule has 166 valence electrons. The summed E-state index contributed by atoms with van der Waals surface area (Å²) in [6, 6.07) is 1.67. The van der Waals surface area contributed by atoms with E-state index in [1.807, 2.05) is 0 Å². The van der Waals surface area contributed by atoms with Gasteiger partial charge in [0.2, 0.25) is 10.0 Å². The van der Waals surface area contributed by atoms with Crippen molar-refractivity contribution >= 4 is 15.9 Å². The zero-order chi connectivity index (χ0) is 20.7. The molecule has 4 fully saturated rings. The van der Waals surface area contributed by atoms with Crippen LogP contribution >= 0.6 is 0 Å². The van der Waals surface area contributed by atoms with Crippen molar-refractivity contribution in [2.24, 2.45) is 0 Å². The molecule has 3 atom stereocenters. The van der Waals surface area contributed by atoms with Crippen molar-refractivity contribution in [2.45, 2.75) is 62.6 Å². The summed E-state index contributed by atoms with van der Waals surface area (Å²) in [4.78, 5) is 14.7. The Balaban J connectivity index is 1.17. The van der Waals surface area contributed by atoms with Gasteiger partial charge in [0.15, 0.2) is 5.69 Å². The fourth-order valence-corrected chi connectivity index (χ4v) is 7.09. The number of nitrogens with one attached hydrogen (secondary N) is 1. The highest BCUT2D eigenvalue weighted by Crippen LogP contribution is 2.40. The van der Waals surface area contributed by atoms with E-state index in [4.69, 9.17) is 9.26 Å². The van der Waals surface area contributed by atoms with Crippen LogP contribution in [0.5, 0.6) is 0 Å². The van der Waals surface area contributed by atoms with Crippen LogP contribution in [0, 0.1) is 0 Å². The Bertz CT molecular complexity index is 864. The van der Waals surface area contributed by atoms with Gasteiger partial charge in [0.05, 0.1) is 19.0 Å². The number of ether oxygens (including phenoxy) is 1. The van der Waals surface area contributed by atoms with Crippen LogP contribution in [-0.2, 0) is 14.8 Å². The summed E-state index contributed by atoms with van der Waals surface area (Å²) in [5.41, 5.74) is 0.324. The third-order valence-corrected chi connectivity index (χ3v) is 8.77. The van der Waals surface area contributed by atoms with Crippen molar-refractivity contribution in [3.63, 3.8) is 0 Å². The number of piperidine rings is 1. The topological polar surface area (TPSA) is 105 Å². The number of carbonyl (C=O) groups is 1. The average Bonchev–Trinajstić information content (AvgIpc) is 3.39. The minimum atomic E-state index is -3.31. The third kappa shape index (κ3) is 4.28. The van der Waals surface area contributed by atoms with Crippen LogP contribution in [-0.4, -0.2) is 85.4 Å². The first-order valence-corrected chi connectivity index (χ1v) is 12.7. The monoisotopic (exact) mass is 438 g/mol. The molecule has 1 saturated carbocycles. The smallest absolute Gasteiger partial charge is 0.273 e. The van der Waals surface area contributed by atoms with E-state index in [0.29, 0.717) is 44.2 Å². The van der Waals surface area contributed by atoms with Crippen molar-refractivity contribution in [2.75, 3.05) is 38.6 Å². The van der Waals surface area contributed by atoms with Crippen molar-refractivity contribution in [1.29, 1.82) is 0 Å². The first-order chi connectivity index (χ1) is 14.5. The summed E-state index contributed by atoms with van der Waals surface area (Å²) in [5, 5.41) is 6.97. The van der Waals surface area contributed by atoms with Gasteiger partial charge in [-0.3, -0.25) is 9.69 Å². The van der Waals surface area contributed by atoms with Crippen LogP contribution in [0.2, 0.25) is 0 Å². The van der Waals surface area contributed by atoms with Gasteiger partial charge in [0.1, 0.15) is 5.76 Å². The molecule has 1 amide bonds. The number of amides is 1. The molecule has 0 spiro atoms. The van der Waals surface area contributed by atoms with Crippen molar-refractivity contribution in [1.82, 2.24) is 19.7 Å². The standard InChI is InChI=1S/C20H30N4O5S/c25-20(18-13-19(29-22-18)14-1-2-14)21-15-11-16-3-4-17(12-15)24(16)30(26,27)10-7-23-5-8-28-9-6-23/h13-17H,1-12H2,(H,21,25)/t15?,16-,17+. The molecule has 0 aromatic carbocycles. The Morgan fingerprint density at radius 1 is 1.13 bits per heavy atom. The van der Waals surface area contributed by atoms with Gasteiger partial charge in [-0.25, -0.2) is 8.42 Å². The number of fused-ring (bicyclic) bond motifs is 2. The second-order valence-electron chi connectivity index (χ2n) is 9.02. The van der Waals surface area contributed by atoms with Gasteiger partial charge in [-0.05, 0) is 38.5 Å². The molecule has 5 rings (SSSR count). The Labute approximate surface area is 177 Å². The average molecular weight is 439 g/mol. The van der Waals surface area contributed by atoms with E-state index in [1.165, 1.54) is 0 Å². The largest absolute Gasteiger partial charge is 0.379 e. The van der Waals surface area contributed by atoms with E-state index < -0.39 is 10.0 Å². The van der Waals surface area contributed by atoms with Crippen molar-refractivity contribution in [3.8, 4) is 0 Å². The second-order valence-corrected chi connectivity index (χ2v) is 11.0. The van der Waals surface area contributed by atoms with Crippen LogP contribution < -0.4 is 5.32 Å². The minimum absolute atomic E-state index is 0.0249. The Hall–Kier alpha value is -1.49. The molecule has 1 aromatic rings. The Kier molecular flexibility index (Phi) is 5.59. The number of carbonyl (C=O) groups excluding carboxylic acids is 1. The number of rotatable bonds is 7. The van der Waals surface area contributed by atoms with Crippen LogP contribution in [0.25, 0.3) is 0 Å². The predicted molar refractivity (Wildman–Crippen MR) is 109 cm³/mol. The molecule has 30 heavy (non-hydrogen) atoms. The van der Waals surface area contributed by atoms with Gasteiger partial charge in [-0.15, -0.1) is 0 Å². The van der Waals surface area contributed by atoms with Crippen molar-refractivity contribution < 1.29 is 22.5 Å². The summed E-state index contributed by atoms with van der Waals surface area (Å²) in [5.74, 6) is 1.14. The Morgan fingerprint density at radius 3 is 2.50 bits per heavy atom. The lowest BCUT2D eigenvalue weighted by molar-refractivity contribution is 0.0406. The first-order valence-electron chi connectivity index (χ1n) is 11.1. The van der Waals surface area contributed by atoms with E-state index in [9.17, 15) is 13.2 Å². The van der Waals surface area contributed by atoms with Gasteiger partial charge < -0.3 is 14.6 Å². The zero-order valence-corrected chi connectivity index (χ0v) is 18.0. The summed E-state index contributed by atoms with van der Waals surface area (Å²) in [6.45, 7) is 3.48. The van der Waals surface area contributed by atoms with Gasteiger partial charge in [0, 0.05) is 49.7 Å². The summed E-state index contributed by atoms with van der Waals surface area (Å²) >= 11 is 0. The summed E-state index contributed by atoms with van der Waals surface area (Å²) in [7, 11) is -3.31. The van der Waals surface area contributed by atoms with Crippen molar-refractivity contribution in [3.05, 3.63) is 17.5 Å². The van der Waals surface area contributed by atoms with E-state index in [2.05, 4.69) is 15.4 Å². The molecule has 0 radical (unpaired) electrons. The molecule has 1 N–H and O–H groups in total. The molecule has 10 heteroatoms. The number of aromatic nitrogens is 1. The summed E-state index contributed by atoms with van der Waals surface area (Å²) in [6.07, 6.45) is 5.24. The number of nitrogens with zero attached hydrogens (tertiary/aromatic N) is 3. The lowest BCUT2D eigenvalue weighted by Gasteiger charge is -2.38. The number of hydrogen-bond donors (Lipinski definition) is 1. The van der Waals surface area contributed by atoms with E-state index in [0.717, 1.165) is 44.5 Å². The lowest BCUT2D eigenvalue weighted by atomic mass is 9.99. The fourth-order valence-electron chi connectivity index (χ4n) is 5.10. The second kappa shape index (κ2) is 8.22. The lowest BCUT2D eigenvalue weighted by Crippen LogP contribution is -2.53. The Morgan fingerprint density at radius 2 is 1.83 bits per heavy atom. The first kappa shape index (κ1) is 20.4. The molecule has 1 aliphatic carbocycles. The maximum absolute atomic E-state index is 13.1. The van der Waals surface area contributed by atoms with Crippen LogP contribution in [0.15, 0.2) is 10.6 Å². The van der Waals surface area contributed by atoms with Crippen LogP contribution in [0.1, 0.15) is 60.7 Å². The molecular formula is C20H30N4O5S. The fraction of sp³-hybridized carbons (Fsp3) is 0.800. The minimum Gasteiger partial charge on any atom is -0.379 e. The van der Waals surface area contributed by atoms with E-state index in [-0.39, 0.29) is 29.8 Å². The molecule has 3 aliphatic heterocycles. The number of hydrogen-bond acceptors (Lipinski definition) is 7. The molecule has 2 bridgehead atoms. The summed E-state index contributed by atoms with van der Waals surface area (Å²) < 4.78 is 38.5. The maximum Gasteiger partial charge on any atom is 0.273 e. The SMILES string of the molecule is O=C(NC1C[C@H]2CC[C@@H](C1)N2S(=O)(=O)CCN1CCOCC1)c1cc(C2CC2)on1. The highest BCUT2D eigenvalue weighted by Gasteiger charge is 2.47. The molecule has 3 saturated heterocycles. The van der Waals surface area contributed by atoms with Gasteiger partial charge in [-0.2, -0.15) is 4.31 Å². The predicted octanol–water partition coefficient (Wildman–Crippen LogP) is 0.939. The molecular weight excluding hydrogens is 408 g/mol. The van der Waals surface area contributed by atoms with E-state index >= 15 is 0 Å². The molecule has 4 heterocycles. The third-order valence-electron chi connectivity index (χ3n) is 6.83.